The Morgan fingerprint density at radius 3 is 2.04 bits per heavy atom. The van der Waals surface area contributed by atoms with Gasteiger partial charge in [-0.3, -0.25) is 43.3 Å². The van der Waals surface area contributed by atoms with Crippen LogP contribution in [0, 0.1) is 11.8 Å². The summed E-state index contributed by atoms with van der Waals surface area (Å²) in [6.45, 7) is 8.60. The zero-order valence-electron chi connectivity index (χ0n) is 30.0. The topological polar surface area (TPSA) is 302 Å². The Bertz CT molecular complexity index is 1370. The van der Waals surface area contributed by atoms with Gasteiger partial charge in [-0.05, 0) is 50.4 Å². The number of nitrogens with one attached hydrogen (secondary N) is 4. The smallest absolute Gasteiger partial charge is 0.305 e. The third kappa shape index (κ3) is 12.1. The summed E-state index contributed by atoms with van der Waals surface area (Å²) >= 11 is 0. The van der Waals surface area contributed by atoms with Gasteiger partial charge < -0.3 is 53.4 Å². The van der Waals surface area contributed by atoms with Crippen LogP contribution >= 0.6 is 0 Å². The molecule has 0 radical (unpaired) electrons. The van der Waals surface area contributed by atoms with E-state index in [4.69, 9.17) is 17.2 Å². The van der Waals surface area contributed by atoms with E-state index in [1.54, 1.807) is 13.8 Å². The van der Waals surface area contributed by atoms with Gasteiger partial charge in [-0.15, -0.1) is 0 Å². The second kappa shape index (κ2) is 18.9. The lowest BCUT2D eigenvalue weighted by molar-refractivity contribution is -0.149. The molecule has 5 atom stereocenters. The minimum atomic E-state index is -1.63. The van der Waals surface area contributed by atoms with Gasteiger partial charge in [-0.25, -0.2) is 0 Å². The van der Waals surface area contributed by atoms with E-state index >= 15 is 0 Å². The summed E-state index contributed by atoms with van der Waals surface area (Å²) in [4.78, 5) is 110. The first-order valence-corrected chi connectivity index (χ1v) is 17.1. The fraction of sp³-hybridized carbons (Fsp3) is 0.719. The summed E-state index contributed by atoms with van der Waals surface area (Å²) in [5.74, 6) is -6.78. The Labute approximate surface area is 297 Å². The highest BCUT2D eigenvalue weighted by Gasteiger charge is 2.56. The van der Waals surface area contributed by atoms with E-state index in [1.807, 2.05) is 13.8 Å². The molecule has 1 spiro atoms. The highest BCUT2D eigenvalue weighted by Crippen LogP contribution is 2.39. The van der Waals surface area contributed by atoms with E-state index in [9.17, 15) is 43.5 Å². The normalized spacial score (nSPS) is 19.3. The lowest BCUT2D eigenvalue weighted by atomic mass is 9.92. The maximum absolute atomic E-state index is 14.1. The first-order chi connectivity index (χ1) is 23.8. The third-order valence-corrected chi connectivity index (χ3v) is 8.80. The zero-order valence-corrected chi connectivity index (χ0v) is 30.0. The number of likely N-dealkylation sites (tertiary alicyclic amines) is 2. The maximum Gasteiger partial charge on any atom is 0.305 e. The SMILES string of the molecule is CC(=O)N[C@@H](CCCN=C(N)N)C(=O)N[C@@H](CC(=O)O)C(=O)N[C@H](C(=O)N[C@@H](CC(C)C)C(=O)N1CCC[C@]12CCN(CC(N)=O)C2=O)C(C)C. The number of nitrogens with two attached hydrogens (primary N) is 3. The number of primary amides is 1. The zero-order chi connectivity index (χ0) is 38.6. The first-order valence-electron chi connectivity index (χ1n) is 17.1. The molecule has 0 aromatic carbocycles. The van der Waals surface area contributed by atoms with Gasteiger partial charge >= 0.3 is 5.97 Å². The van der Waals surface area contributed by atoms with Crippen molar-refractivity contribution in [2.45, 2.75) is 109 Å². The summed E-state index contributed by atoms with van der Waals surface area (Å²) in [6.07, 6.45) is 0.973. The molecule has 2 saturated heterocycles. The number of aliphatic imine (C=N–C) groups is 1. The predicted molar refractivity (Wildman–Crippen MR) is 184 cm³/mol. The summed E-state index contributed by atoms with van der Waals surface area (Å²) < 4.78 is 0. The fourth-order valence-electron chi connectivity index (χ4n) is 6.45. The number of carboxylic acids is 1. The Hall–Kier alpha value is -4.97. The molecule has 0 aliphatic carbocycles. The van der Waals surface area contributed by atoms with Gasteiger partial charge in [0.15, 0.2) is 5.96 Å². The summed E-state index contributed by atoms with van der Waals surface area (Å²) in [5.41, 5.74) is 14.8. The summed E-state index contributed by atoms with van der Waals surface area (Å²) in [6, 6.07) is -5.11. The molecule has 2 aliphatic heterocycles. The number of carboxylic acid groups (broad SMARTS) is 1. The van der Waals surface area contributed by atoms with Crippen molar-refractivity contribution in [3.8, 4) is 0 Å². The lowest BCUT2D eigenvalue weighted by Crippen LogP contribution is -2.61. The fourth-order valence-corrected chi connectivity index (χ4v) is 6.45. The number of carbonyl (C=O) groups excluding carboxylic acids is 7. The van der Waals surface area contributed by atoms with Crippen LogP contribution in [0.3, 0.4) is 0 Å². The molecule has 2 aliphatic rings. The Morgan fingerprint density at radius 1 is 0.863 bits per heavy atom. The van der Waals surface area contributed by atoms with E-state index in [0.29, 0.717) is 19.3 Å². The highest BCUT2D eigenvalue weighted by molar-refractivity contribution is 5.99. The second-order valence-corrected chi connectivity index (χ2v) is 13.8. The van der Waals surface area contributed by atoms with Crippen LogP contribution in [0.5, 0.6) is 0 Å². The average molecular weight is 723 g/mol. The van der Waals surface area contributed by atoms with Gasteiger partial charge in [-0.1, -0.05) is 27.7 Å². The molecular formula is C32H54N10O9. The molecule has 19 heteroatoms. The van der Waals surface area contributed by atoms with Gasteiger partial charge in [0.2, 0.25) is 41.4 Å². The van der Waals surface area contributed by atoms with Crippen LogP contribution in [-0.2, 0) is 38.4 Å². The molecule has 51 heavy (non-hydrogen) atoms. The van der Waals surface area contributed by atoms with Crippen molar-refractivity contribution in [2.75, 3.05) is 26.2 Å². The molecule has 0 aromatic rings. The summed E-state index contributed by atoms with van der Waals surface area (Å²) in [5, 5.41) is 19.6. The molecule has 7 amide bonds. The van der Waals surface area contributed by atoms with Crippen LogP contribution in [0.1, 0.15) is 79.6 Å². The standard InChI is InChI=1S/C32H54N10O9/c1-17(2)14-22(29(50)42-12-7-9-32(42)10-13-41(30(32)51)16-23(33)44)39-28(49)25(18(3)4)40-27(48)21(15-24(45)46)38-26(47)20(37-19(5)43)8-6-11-36-31(34)35/h17-18,20-22,25H,6-16H2,1-5H3,(H2,33,44)(H,37,43)(H,38,47)(H,39,49)(H,40,48)(H,45,46)(H4,34,35,36)/t20-,21-,22-,25-,32+/m0/s1. The van der Waals surface area contributed by atoms with Gasteiger partial charge in [0, 0.05) is 26.6 Å². The lowest BCUT2D eigenvalue weighted by Gasteiger charge is -2.37. The number of aliphatic carboxylic acids is 1. The molecule has 0 saturated carbocycles. The molecule has 0 unspecified atom stereocenters. The van der Waals surface area contributed by atoms with Crippen molar-refractivity contribution in [1.82, 2.24) is 31.1 Å². The van der Waals surface area contributed by atoms with Crippen molar-refractivity contribution < 1.29 is 43.5 Å². The van der Waals surface area contributed by atoms with Crippen molar-refractivity contribution in [3.63, 3.8) is 0 Å². The van der Waals surface area contributed by atoms with Crippen molar-refractivity contribution in [1.29, 1.82) is 0 Å². The first kappa shape index (κ1) is 42.2. The largest absolute Gasteiger partial charge is 0.481 e. The van der Waals surface area contributed by atoms with Crippen LogP contribution in [0.2, 0.25) is 0 Å². The molecule has 19 nitrogen and oxygen atoms in total. The van der Waals surface area contributed by atoms with Crippen molar-refractivity contribution >= 4 is 53.3 Å². The van der Waals surface area contributed by atoms with Crippen LogP contribution < -0.4 is 38.5 Å². The number of carbonyl (C=O) groups is 8. The third-order valence-electron chi connectivity index (χ3n) is 8.80. The molecule has 0 aromatic heterocycles. The van der Waals surface area contributed by atoms with E-state index in [-0.39, 0.29) is 63.2 Å². The minimum Gasteiger partial charge on any atom is -0.481 e. The Morgan fingerprint density at radius 2 is 1.49 bits per heavy atom. The Kier molecular flexibility index (Phi) is 15.6. The van der Waals surface area contributed by atoms with Crippen molar-refractivity contribution in [2.24, 2.45) is 34.0 Å². The van der Waals surface area contributed by atoms with Gasteiger partial charge in [-0.2, -0.15) is 0 Å². The maximum atomic E-state index is 14.1. The number of amides is 7. The highest BCUT2D eigenvalue weighted by atomic mass is 16.4. The van der Waals surface area contributed by atoms with E-state index in [1.165, 1.54) is 16.7 Å². The number of rotatable bonds is 19. The number of guanidine groups is 1. The molecule has 286 valence electrons. The number of nitrogens with zero attached hydrogens (tertiary/aromatic N) is 3. The molecule has 2 rings (SSSR count). The minimum absolute atomic E-state index is 0.0679. The summed E-state index contributed by atoms with van der Waals surface area (Å²) in [7, 11) is 0. The quantitative estimate of drug-likeness (QED) is 0.0384. The monoisotopic (exact) mass is 722 g/mol. The van der Waals surface area contributed by atoms with Crippen LogP contribution in [-0.4, -0.2) is 124 Å². The van der Waals surface area contributed by atoms with Crippen LogP contribution in [0.25, 0.3) is 0 Å². The van der Waals surface area contributed by atoms with Gasteiger partial charge in [0.05, 0.1) is 13.0 Å². The molecule has 2 heterocycles. The average Bonchev–Trinajstić information content (AvgIpc) is 3.58. The van der Waals surface area contributed by atoms with Gasteiger partial charge in [0.1, 0.15) is 29.7 Å². The predicted octanol–water partition coefficient (Wildman–Crippen LogP) is -2.75. The Balaban J connectivity index is 2.26. The van der Waals surface area contributed by atoms with Crippen LogP contribution in [0.15, 0.2) is 4.99 Å². The molecule has 2 fully saturated rings. The van der Waals surface area contributed by atoms with Gasteiger partial charge in [0.25, 0.3) is 0 Å². The molecule has 0 bridgehead atoms. The second-order valence-electron chi connectivity index (χ2n) is 13.8. The molecular weight excluding hydrogens is 668 g/mol. The number of hydrogen-bond donors (Lipinski definition) is 8. The van der Waals surface area contributed by atoms with Crippen molar-refractivity contribution in [3.05, 3.63) is 0 Å². The number of hydrogen-bond acceptors (Lipinski definition) is 9. The van der Waals surface area contributed by atoms with E-state index in [0.717, 1.165) is 0 Å². The molecule has 11 N–H and O–H groups in total. The van der Waals surface area contributed by atoms with Crippen LogP contribution in [0.4, 0.5) is 0 Å². The van der Waals surface area contributed by atoms with E-state index in [2.05, 4.69) is 26.3 Å². The van der Waals surface area contributed by atoms with E-state index < -0.39 is 83.5 Å².